The summed E-state index contributed by atoms with van der Waals surface area (Å²) in [5.74, 6) is -5.22. The van der Waals surface area contributed by atoms with Crippen LogP contribution in [0.15, 0.2) is 30.3 Å². The van der Waals surface area contributed by atoms with E-state index in [1.54, 1.807) is 23.7 Å². The summed E-state index contributed by atoms with van der Waals surface area (Å²) in [5, 5.41) is 16.6. The summed E-state index contributed by atoms with van der Waals surface area (Å²) < 4.78 is 30.2. The van der Waals surface area contributed by atoms with Crippen molar-refractivity contribution in [1.29, 1.82) is 0 Å². The van der Waals surface area contributed by atoms with Crippen LogP contribution >= 0.6 is 0 Å². The number of aliphatic hydroxyl groups is 1. The molecule has 0 radical (unpaired) electrons. The standard InChI is InChI=1S/C19H23F2N3O2/c1-12-11-13(2)24(23-12)16-7-5-15(6-8-16)14(3)22-17(25)19(20,21)18(26)9-4-10-18/h5-8,11,14,26H,4,9-10H2,1-3H3,(H,22,25). The molecule has 26 heavy (non-hydrogen) atoms. The highest BCUT2D eigenvalue weighted by atomic mass is 19.3. The van der Waals surface area contributed by atoms with Crippen molar-refractivity contribution in [2.75, 3.05) is 0 Å². The van der Waals surface area contributed by atoms with E-state index in [1.807, 2.05) is 32.0 Å². The summed E-state index contributed by atoms with van der Waals surface area (Å²) in [5.41, 5.74) is 1.23. The molecule has 5 nitrogen and oxygen atoms in total. The number of carbonyl (C=O) groups is 1. The lowest BCUT2D eigenvalue weighted by Crippen LogP contribution is -2.60. The lowest BCUT2D eigenvalue weighted by atomic mass is 9.75. The van der Waals surface area contributed by atoms with Gasteiger partial charge in [0.25, 0.3) is 5.91 Å². The van der Waals surface area contributed by atoms with Crippen LogP contribution < -0.4 is 5.32 Å². The minimum atomic E-state index is -3.79. The highest BCUT2D eigenvalue weighted by Crippen LogP contribution is 2.44. The first kappa shape index (κ1) is 18.5. The highest BCUT2D eigenvalue weighted by Gasteiger charge is 2.61. The van der Waals surface area contributed by atoms with E-state index >= 15 is 0 Å². The van der Waals surface area contributed by atoms with Crippen LogP contribution in [0, 0.1) is 13.8 Å². The largest absolute Gasteiger partial charge is 0.383 e. The van der Waals surface area contributed by atoms with Gasteiger partial charge in [-0.3, -0.25) is 4.79 Å². The van der Waals surface area contributed by atoms with Crippen LogP contribution in [0.5, 0.6) is 0 Å². The summed E-state index contributed by atoms with van der Waals surface area (Å²) in [6, 6.07) is 8.56. The predicted octanol–water partition coefficient (Wildman–Crippen LogP) is 3.22. The number of aromatic nitrogens is 2. The second-order valence-corrected chi connectivity index (χ2v) is 7.09. The Morgan fingerprint density at radius 3 is 2.38 bits per heavy atom. The predicted molar refractivity (Wildman–Crippen MR) is 93.3 cm³/mol. The third-order valence-corrected chi connectivity index (χ3v) is 5.05. The van der Waals surface area contributed by atoms with Gasteiger partial charge in [-0.1, -0.05) is 12.1 Å². The zero-order valence-electron chi connectivity index (χ0n) is 15.1. The average Bonchev–Trinajstić information content (AvgIpc) is 2.90. The second-order valence-electron chi connectivity index (χ2n) is 7.09. The summed E-state index contributed by atoms with van der Waals surface area (Å²) in [4.78, 5) is 12.0. The third-order valence-electron chi connectivity index (χ3n) is 5.05. The molecule has 0 saturated heterocycles. The maximum atomic E-state index is 14.2. The zero-order chi connectivity index (χ0) is 19.1. The van der Waals surface area contributed by atoms with Crippen molar-refractivity contribution in [3.63, 3.8) is 0 Å². The molecule has 2 aromatic rings. The number of hydrogen-bond acceptors (Lipinski definition) is 3. The van der Waals surface area contributed by atoms with E-state index in [4.69, 9.17) is 0 Å². The van der Waals surface area contributed by atoms with Crippen molar-refractivity contribution in [3.8, 4) is 5.69 Å². The van der Waals surface area contributed by atoms with Crippen LogP contribution in [0.3, 0.4) is 0 Å². The molecule has 3 rings (SSSR count). The normalized spacial score (nSPS) is 17.5. The molecule has 1 aromatic heterocycles. The number of benzene rings is 1. The summed E-state index contributed by atoms with van der Waals surface area (Å²) in [6.07, 6.45) is 0.390. The SMILES string of the molecule is Cc1cc(C)n(-c2ccc(C(C)NC(=O)C(F)(F)C3(O)CCC3)cc2)n1. The number of nitrogens with one attached hydrogen (secondary N) is 1. The molecular formula is C19H23F2N3O2. The quantitative estimate of drug-likeness (QED) is 0.857. The number of carbonyl (C=O) groups excluding carboxylic acids is 1. The van der Waals surface area contributed by atoms with E-state index in [1.165, 1.54) is 0 Å². The van der Waals surface area contributed by atoms with Crippen LogP contribution in [0.1, 0.15) is 49.2 Å². The molecule has 140 valence electrons. The van der Waals surface area contributed by atoms with E-state index in [0.717, 1.165) is 17.1 Å². The van der Waals surface area contributed by atoms with Gasteiger partial charge in [0, 0.05) is 5.69 Å². The minimum absolute atomic E-state index is 0.0564. The first-order valence-electron chi connectivity index (χ1n) is 8.69. The van der Waals surface area contributed by atoms with Gasteiger partial charge in [0.15, 0.2) is 0 Å². The van der Waals surface area contributed by atoms with Gasteiger partial charge in [-0.25, -0.2) is 4.68 Å². The molecule has 1 aliphatic carbocycles. The van der Waals surface area contributed by atoms with Crippen molar-refractivity contribution in [1.82, 2.24) is 15.1 Å². The highest BCUT2D eigenvalue weighted by molar-refractivity contribution is 5.85. The van der Waals surface area contributed by atoms with Crippen LogP contribution in [-0.2, 0) is 4.79 Å². The van der Waals surface area contributed by atoms with Crippen molar-refractivity contribution in [2.45, 2.75) is 57.6 Å². The molecule has 1 saturated carbocycles. The third kappa shape index (κ3) is 3.11. The molecule has 1 amide bonds. The Morgan fingerprint density at radius 2 is 1.92 bits per heavy atom. The lowest BCUT2D eigenvalue weighted by Gasteiger charge is -2.41. The fourth-order valence-corrected chi connectivity index (χ4v) is 3.20. The number of halogens is 2. The molecule has 1 atom stereocenters. The monoisotopic (exact) mass is 363 g/mol. The van der Waals surface area contributed by atoms with E-state index in [-0.39, 0.29) is 12.8 Å². The Hall–Kier alpha value is -2.28. The molecular weight excluding hydrogens is 340 g/mol. The Labute approximate surface area is 151 Å². The van der Waals surface area contributed by atoms with Gasteiger partial charge >= 0.3 is 5.92 Å². The van der Waals surface area contributed by atoms with Crippen molar-refractivity contribution in [3.05, 3.63) is 47.3 Å². The van der Waals surface area contributed by atoms with Crippen LogP contribution in [0.25, 0.3) is 5.69 Å². The van der Waals surface area contributed by atoms with Crippen LogP contribution in [0.4, 0.5) is 8.78 Å². The maximum Gasteiger partial charge on any atom is 0.352 e. The fraction of sp³-hybridized carbons (Fsp3) is 0.474. The Morgan fingerprint density at radius 1 is 1.31 bits per heavy atom. The molecule has 0 bridgehead atoms. The number of aryl methyl sites for hydroxylation is 2. The Kier molecular flexibility index (Phi) is 4.60. The first-order valence-corrected chi connectivity index (χ1v) is 8.69. The fourth-order valence-electron chi connectivity index (χ4n) is 3.20. The Bertz CT molecular complexity index is 811. The molecule has 0 spiro atoms. The summed E-state index contributed by atoms with van der Waals surface area (Å²) in [6.45, 7) is 5.49. The first-order chi connectivity index (χ1) is 12.1. The maximum absolute atomic E-state index is 14.2. The second kappa shape index (κ2) is 6.46. The van der Waals surface area contributed by atoms with Crippen molar-refractivity contribution < 1.29 is 18.7 Å². The van der Waals surface area contributed by atoms with Gasteiger partial charge < -0.3 is 10.4 Å². The average molecular weight is 363 g/mol. The van der Waals surface area contributed by atoms with Gasteiger partial charge in [0.2, 0.25) is 0 Å². The zero-order valence-corrected chi connectivity index (χ0v) is 15.1. The van der Waals surface area contributed by atoms with Gasteiger partial charge in [-0.05, 0) is 63.8 Å². The number of rotatable bonds is 5. The van der Waals surface area contributed by atoms with Crippen LogP contribution in [0.2, 0.25) is 0 Å². The number of alkyl halides is 2. The molecule has 1 aromatic carbocycles. The van der Waals surface area contributed by atoms with E-state index in [0.29, 0.717) is 12.0 Å². The molecule has 2 N–H and O–H groups in total. The number of hydrogen-bond donors (Lipinski definition) is 2. The van der Waals surface area contributed by atoms with Gasteiger partial charge in [0.05, 0.1) is 17.4 Å². The molecule has 1 fully saturated rings. The van der Waals surface area contributed by atoms with Crippen molar-refractivity contribution >= 4 is 5.91 Å². The number of amides is 1. The topological polar surface area (TPSA) is 67.2 Å². The minimum Gasteiger partial charge on any atom is -0.383 e. The summed E-state index contributed by atoms with van der Waals surface area (Å²) >= 11 is 0. The van der Waals surface area contributed by atoms with Crippen molar-refractivity contribution in [2.24, 2.45) is 0 Å². The van der Waals surface area contributed by atoms with Gasteiger partial charge in [-0.2, -0.15) is 13.9 Å². The molecule has 1 heterocycles. The molecule has 1 unspecified atom stereocenters. The molecule has 0 aliphatic heterocycles. The van der Waals surface area contributed by atoms with E-state index in [2.05, 4.69) is 10.4 Å². The number of nitrogens with zero attached hydrogens (tertiary/aromatic N) is 2. The van der Waals surface area contributed by atoms with E-state index < -0.39 is 23.5 Å². The summed E-state index contributed by atoms with van der Waals surface area (Å²) in [7, 11) is 0. The van der Waals surface area contributed by atoms with E-state index in [9.17, 15) is 18.7 Å². The van der Waals surface area contributed by atoms with Gasteiger partial charge in [0.1, 0.15) is 5.60 Å². The van der Waals surface area contributed by atoms with Crippen LogP contribution in [-0.4, -0.2) is 32.3 Å². The molecule has 7 heteroatoms. The lowest BCUT2D eigenvalue weighted by molar-refractivity contribution is -0.216. The molecule has 1 aliphatic rings. The van der Waals surface area contributed by atoms with Gasteiger partial charge in [-0.15, -0.1) is 0 Å². The smallest absolute Gasteiger partial charge is 0.352 e. The Balaban J connectivity index is 1.71.